The normalized spacial score (nSPS) is 23.2. The van der Waals surface area contributed by atoms with Crippen molar-refractivity contribution in [2.75, 3.05) is 13.1 Å². The third kappa shape index (κ3) is 3.46. The lowest BCUT2D eigenvalue weighted by atomic mass is 9.96. The molecule has 2 N–H and O–H groups in total. The van der Waals surface area contributed by atoms with Crippen molar-refractivity contribution in [1.29, 1.82) is 0 Å². The van der Waals surface area contributed by atoms with E-state index in [4.69, 9.17) is 5.11 Å². The number of amides is 1. The van der Waals surface area contributed by atoms with Gasteiger partial charge in [-0.15, -0.1) is 11.3 Å². The number of rotatable bonds is 3. The molecule has 0 aliphatic carbocycles. The Kier molecular flexibility index (Phi) is 4.57. The molecule has 2 unspecified atom stereocenters. The van der Waals surface area contributed by atoms with Gasteiger partial charge in [0.2, 0.25) is 0 Å². The van der Waals surface area contributed by atoms with Gasteiger partial charge in [0.15, 0.2) is 0 Å². The van der Waals surface area contributed by atoms with Gasteiger partial charge in [0, 0.05) is 29.4 Å². The summed E-state index contributed by atoms with van der Waals surface area (Å²) in [7, 11) is 0. The summed E-state index contributed by atoms with van der Waals surface area (Å²) in [5.41, 5.74) is 0.573. The van der Waals surface area contributed by atoms with Gasteiger partial charge in [0.1, 0.15) is 0 Å². The van der Waals surface area contributed by atoms with Gasteiger partial charge in [0.25, 0.3) is 5.91 Å². The minimum atomic E-state index is -1.01. The standard InChI is InChI=1S/C14H17NO4S/c1-9-7-15(5-4-12(9)16)14(19)10-6-11(20-8-10)2-3-13(17)18/h2-3,6,8-9,12,16H,4-5,7H2,1H3,(H,17,18)/b3-2+. The molecule has 1 aromatic rings. The maximum absolute atomic E-state index is 12.3. The van der Waals surface area contributed by atoms with Crippen molar-refractivity contribution in [3.05, 3.63) is 28.0 Å². The predicted octanol–water partition coefficient (Wildman–Crippen LogP) is 1.69. The number of hydrogen-bond acceptors (Lipinski definition) is 4. The summed E-state index contributed by atoms with van der Waals surface area (Å²) >= 11 is 1.34. The molecule has 0 aromatic carbocycles. The van der Waals surface area contributed by atoms with Crippen LogP contribution in [0.3, 0.4) is 0 Å². The highest BCUT2D eigenvalue weighted by atomic mass is 32.1. The summed E-state index contributed by atoms with van der Waals surface area (Å²) in [6.45, 7) is 3.04. The number of carbonyl (C=O) groups excluding carboxylic acids is 1. The van der Waals surface area contributed by atoms with Crippen LogP contribution >= 0.6 is 11.3 Å². The number of piperidine rings is 1. The van der Waals surface area contributed by atoms with Gasteiger partial charge < -0.3 is 15.1 Å². The monoisotopic (exact) mass is 295 g/mol. The van der Waals surface area contributed by atoms with E-state index >= 15 is 0 Å². The lowest BCUT2D eigenvalue weighted by molar-refractivity contribution is -0.131. The Bertz CT molecular complexity index is 537. The Hall–Kier alpha value is -1.66. The molecule has 0 radical (unpaired) electrons. The maximum atomic E-state index is 12.3. The number of nitrogens with zero attached hydrogens (tertiary/aromatic N) is 1. The number of likely N-dealkylation sites (tertiary alicyclic amines) is 1. The first-order chi connectivity index (χ1) is 9.47. The van der Waals surface area contributed by atoms with Gasteiger partial charge >= 0.3 is 5.97 Å². The van der Waals surface area contributed by atoms with Crippen molar-refractivity contribution in [1.82, 2.24) is 4.90 Å². The van der Waals surface area contributed by atoms with Crippen molar-refractivity contribution >= 4 is 29.3 Å². The summed E-state index contributed by atoms with van der Waals surface area (Å²) in [6, 6.07) is 1.70. The van der Waals surface area contributed by atoms with Crippen LogP contribution in [-0.2, 0) is 4.79 Å². The highest BCUT2D eigenvalue weighted by Gasteiger charge is 2.27. The number of carboxylic acids is 1. The van der Waals surface area contributed by atoms with Crippen LogP contribution in [0.1, 0.15) is 28.6 Å². The molecule has 108 valence electrons. The zero-order valence-corrected chi connectivity index (χ0v) is 12.0. The smallest absolute Gasteiger partial charge is 0.328 e. The summed E-state index contributed by atoms with van der Waals surface area (Å²) < 4.78 is 0. The first-order valence-corrected chi connectivity index (χ1v) is 7.32. The molecule has 6 heteroatoms. The molecule has 1 saturated heterocycles. The Morgan fingerprint density at radius 1 is 1.50 bits per heavy atom. The highest BCUT2D eigenvalue weighted by Crippen LogP contribution is 2.22. The van der Waals surface area contributed by atoms with Crippen molar-refractivity contribution < 1.29 is 19.8 Å². The van der Waals surface area contributed by atoms with Gasteiger partial charge in [-0.25, -0.2) is 4.79 Å². The molecule has 2 rings (SSSR count). The van der Waals surface area contributed by atoms with Crippen LogP contribution in [0.2, 0.25) is 0 Å². The molecule has 20 heavy (non-hydrogen) atoms. The SMILES string of the molecule is CC1CN(C(=O)c2csc(/C=C/C(=O)O)c2)CCC1O. The molecular formula is C14H17NO4S. The van der Waals surface area contributed by atoms with E-state index in [0.717, 1.165) is 11.0 Å². The van der Waals surface area contributed by atoms with Crippen LogP contribution in [0.5, 0.6) is 0 Å². The third-order valence-electron chi connectivity index (χ3n) is 3.40. The van der Waals surface area contributed by atoms with E-state index in [9.17, 15) is 14.7 Å². The number of carbonyl (C=O) groups is 2. The fourth-order valence-corrected chi connectivity index (χ4v) is 2.98. The van der Waals surface area contributed by atoms with Crippen LogP contribution < -0.4 is 0 Å². The number of thiophene rings is 1. The minimum Gasteiger partial charge on any atom is -0.478 e. The van der Waals surface area contributed by atoms with Crippen LogP contribution in [0.15, 0.2) is 17.5 Å². The highest BCUT2D eigenvalue weighted by molar-refractivity contribution is 7.11. The molecule has 2 atom stereocenters. The summed E-state index contributed by atoms with van der Waals surface area (Å²) in [5.74, 6) is -0.988. The number of aliphatic hydroxyl groups is 1. The average molecular weight is 295 g/mol. The molecule has 1 aromatic heterocycles. The van der Waals surface area contributed by atoms with Crippen LogP contribution in [0.4, 0.5) is 0 Å². The van der Waals surface area contributed by atoms with Crippen LogP contribution in [0, 0.1) is 5.92 Å². The molecule has 1 amide bonds. The largest absolute Gasteiger partial charge is 0.478 e. The van der Waals surface area contributed by atoms with Gasteiger partial charge in [-0.05, 0) is 24.5 Å². The minimum absolute atomic E-state index is 0.0602. The lowest BCUT2D eigenvalue weighted by Gasteiger charge is -2.34. The van der Waals surface area contributed by atoms with Gasteiger partial charge in [-0.2, -0.15) is 0 Å². The van der Waals surface area contributed by atoms with Gasteiger partial charge in [-0.1, -0.05) is 6.92 Å². The molecule has 1 aliphatic rings. The van der Waals surface area contributed by atoms with Crippen molar-refractivity contribution in [3.8, 4) is 0 Å². The van der Waals surface area contributed by atoms with Gasteiger partial charge in [-0.3, -0.25) is 4.79 Å². The van der Waals surface area contributed by atoms with Crippen molar-refractivity contribution in [3.63, 3.8) is 0 Å². The number of hydrogen-bond donors (Lipinski definition) is 2. The van der Waals surface area contributed by atoms with Crippen molar-refractivity contribution in [2.45, 2.75) is 19.4 Å². The van der Waals surface area contributed by atoms with E-state index < -0.39 is 5.97 Å². The lowest BCUT2D eigenvalue weighted by Crippen LogP contribution is -2.44. The van der Waals surface area contributed by atoms with E-state index in [2.05, 4.69) is 0 Å². The molecule has 1 fully saturated rings. The second-order valence-electron chi connectivity index (χ2n) is 4.99. The first kappa shape index (κ1) is 14.7. The van der Waals surface area contributed by atoms with Crippen LogP contribution in [0.25, 0.3) is 6.08 Å². The number of aliphatic hydroxyl groups excluding tert-OH is 1. The van der Waals surface area contributed by atoms with E-state index in [1.54, 1.807) is 16.3 Å². The van der Waals surface area contributed by atoms with Gasteiger partial charge in [0.05, 0.1) is 11.7 Å². The molecule has 2 heterocycles. The summed E-state index contributed by atoms with van der Waals surface area (Å²) in [4.78, 5) is 25.2. The average Bonchev–Trinajstić information content (AvgIpc) is 2.87. The molecule has 0 bridgehead atoms. The fraction of sp³-hybridized carbons (Fsp3) is 0.429. The van der Waals surface area contributed by atoms with E-state index in [1.807, 2.05) is 6.92 Å². The number of carboxylic acid groups (broad SMARTS) is 1. The Morgan fingerprint density at radius 2 is 2.25 bits per heavy atom. The zero-order chi connectivity index (χ0) is 14.7. The Balaban J connectivity index is 2.04. The summed E-state index contributed by atoms with van der Waals surface area (Å²) in [5, 5.41) is 20.0. The molecule has 5 nitrogen and oxygen atoms in total. The second kappa shape index (κ2) is 6.19. The van der Waals surface area contributed by atoms with E-state index in [1.165, 1.54) is 17.4 Å². The topological polar surface area (TPSA) is 77.8 Å². The Labute approximate surface area is 121 Å². The molecular weight excluding hydrogens is 278 g/mol. The molecule has 1 aliphatic heterocycles. The quantitative estimate of drug-likeness (QED) is 0.832. The Morgan fingerprint density at radius 3 is 2.90 bits per heavy atom. The van der Waals surface area contributed by atoms with Crippen molar-refractivity contribution in [2.24, 2.45) is 5.92 Å². The third-order valence-corrected chi connectivity index (χ3v) is 4.30. The second-order valence-corrected chi connectivity index (χ2v) is 5.94. The predicted molar refractivity (Wildman–Crippen MR) is 76.7 cm³/mol. The zero-order valence-electron chi connectivity index (χ0n) is 11.2. The first-order valence-electron chi connectivity index (χ1n) is 6.44. The summed E-state index contributed by atoms with van der Waals surface area (Å²) in [6.07, 6.45) is 2.80. The fourth-order valence-electron chi connectivity index (χ4n) is 2.21. The molecule has 0 saturated carbocycles. The van der Waals surface area contributed by atoms with E-state index in [0.29, 0.717) is 25.1 Å². The number of aliphatic carboxylic acids is 1. The maximum Gasteiger partial charge on any atom is 0.328 e. The van der Waals surface area contributed by atoms with Crippen LogP contribution in [-0.4, -0.2) is 46.2 Å². The molecule has 0 spiro atoms. The van der Waals surface area contributed by atoms with E-state index in [-0.39, 0.29) is 17.9 Å².